The fourth-order valence-electron chi connectivity index (χ4n) is 2.83. The maximum Gasteiger partial charge on any atom is 0.320 e. The number of nitrogens with one attached hydrogen (secondary N) is 3. The fourth-order valence-corrected chi connectivity index (χ4v) is 2.83. The average Bonchev–Trinajstić information content (AvgIpc) is 2.84. The van der Waals surface area contributed by atoms with Crippen molar-refractivity contribution in [3.8, 4) is 0 Å². The highest BCUT2D eigenvalue weighted by Gasteiger charge is 2.17. The minimum absolute atomic E-state index is 0.0484. The quantitative estimate of drug-likeness (QED) is 0.809. The molecule has 2 heterocycles. The molecule has 3 N–H and O–H groups in total. The predicted molar refractivity (Wildman–Crippen MR) is 91.9 cm³/mol. The molecule has 0 bridgehead atoms. The first-order valence-corrected chi connectivity index (χ1v) is 7.93. The molecule has 0 saturated heterocycles. The number of carbonyl (C=O) groups excluding carboxylic acids is 2. The molecule has 3 amide bonds. The summed E-state index contributed by atoms with van der Waals surface area (Å²) in [6, 6.07) is 7.23. The fraction of sp³-hybridized carbons (Fsp3) is 0.353. The molecule has 1 aliphatic heterocycles. The number of urea groups is 1. The number of aryl methyl sites for hydroxylation is 3. The van der Waals surface area contributed by atoms with E-state index < -0.39 is 0 Å². The Bertz CT molecular complexity index is 796. The summed E-state index contributed by atoms with van der Waals surface area (Å²) in [7, 11) is 1.78. The predicted octanol–water partition coefficient (Wildman–Crippen LogP) is 2.50. The Morgan fingerprint density at radius 2 is 2.12 bits per heavy atom. The zero-order valence-electron chi connectivity index (χ0n) is 14.0. The van der Waals surface area contributed by atoms with Crippen molar-refractivity contribution in [3.05, 3.63) is 41.1 Å². The Hall–Kier alpha value is -2.83. The highest BCUT2D eigenvalue weighted by molar-refractivity contribution is 5.94. The van der Waals surface area contributed by atoms with Gasteiger partial charge in [-0.3, -0.25) is 14.8 Å². The van der Waals surface area contributed by atoms with E-state index in [9.17, 15) is 9.59 Å². The van der Waals surface area contributed by atoms with Gasteiger partial charge < -0.3 is 10.6 Å². The van der Waals surface area contributed by atoms with Crippen LogP contribution in [-0.2, 0) is 18.3 Å². The van der Waals surface area contributed by atoms with E-state index in [1.54, 1.807) is 11.7 Å². The molecule has 1 unspecified atom stereocenters. The van der Waals surface area contributed by atoms with Crippen LogP contribution in [0.15, 0.2) is 24.3 Å². The second kappa shape index (κ2) is 6.35. The Labute approximate surface area is 140 Å². The summed E-state index contributed by atoms with van der Waals surface area (Å²) in [4.78, 5) is 23.6. The van der Waals surface area contributed by atoms with E-state index in [-0.39, 0.29) is 18.0 Å². The number of carbonyl (C=O) groups is 2. The van der Waals surface area contributed by atoms with Gasteiger partial charge in [-0.2, -0.15) is 5.10 Å². The summed E-state index contributed by atoms with van der Waals surface area (Å²) < 4.78 is 1.63. The average molecular weight is 327 g/mol. The Balaban J connectivity index is 1.66. The van der Waals surface area contributed by atoms with Crippen molar-refractivity contribution in [2.75, 3.05) is 10.6 Å². The highest BCUT2D eigenvalue weighted by atomic mass is 16.2. The van der Waals surface area contributed by atoms with Crippen LogP contribution in [0, 0.1) is 6.92 Å². The highest BCUT2D eigenvalue weighted by Crippen LogP contribution is 2.26. The lowest BCUT2D eigenvalue weighted by Crippen LogP contribution is -2.32. The van der Waals surface area contributed by atoms with Crippen LogP contribution < -0.4 is 16.0 Å². The zero-order chi connectivity index (χ0) is 17.3. The van der Waals surface area contributed by atoms with Crippen LogP contribution in [0.5, 0.6) is 0 Å². The van der Waals surface area contributed by atoms with E-state index in [1.807, 2.05) is 38.1 Å². The zero-order valence-corrected chi connectivity index (χ0v) is 14.0. The second-order valence-electron chi connectivity index (χ2n) is 6.08. The summed E-state index contributed by atoms with van der Waals surface area (Å²) in [5.74, 6) is 0.692. The number of anilines is 2. The summed E-state index contributed by atoms with van der Waals surface area (Å²) in [5.41, 5.74) is 3.80. The number of rotatable bonds is 3. The molecule has 24 heavy (non-hydrogen) atoms. The summed E-state index contributed by atoms with van der Waals surface area (Å²) in [6.45, 7) is 3.80. The number of nitrogens with zero attached hydrogens (tertiary/aromatic N) is 2. The van der Waals surface area contributed by atoms with Crippen LogP contribution in [0.25, 0.3) is 0 Å². The van der Waals surface area contributed by atoms with Gasteiger partial charge in [-0.1, -0.05) is 12.1 Å². The number of hydrogen-bond donors (Lipinski definition) is 3. The number of fused-ring (bicyclic) bond motifs is 1. The van der Waals surface area contributed by atoms with Gasteiger partial charge in [-0.05, 0) is 37.5 Å². The Morgan fingerprint density at radius 1 is 1.33 bits per heavy atom. The molecular weight excluding hydrogens is 306 g/mol. The van der Waals surface area contributed by atoms with Gasteiger partial charge in [0.1, 0.15) is 5.82 Å². The monoisotopic (exact) mass is 327 g/mol. The van der Waals surface area contributed by atoms with Crippen molar-refractivity contribution < 1.29 is 9.59 Å². The molecular formula is C17H21N5O2. The van der Waals surface area contributed by atoms with Crippen LogP contribution in [0.1, 0.15) is 36.2 Å². The maximum atomic E-state index is 12.2. The molecule has 0 saturated carbocycles. The van der Waals surface area contributed by atoms with Gasteiger partial charge in [-0.25, -0.2) is 4.79 Å². The third-order valence-electron chi connectivity index (χ3n) is 4.12. The Kier molecular flexibility index (Phi) is 4.24. The van der Waals surface area contributed by atoms with Gasteiger partial charge in [-0.15, -0.1) is 0 Å². The van der Waals surface area contributed by atoms with E-state index in [0.29, 0.717) is 12.2 Å². The van der Waals surface area contributed by atoms with Crippen LogP contribution in [0.4, 0.5) is 16.3 Å². The van der Waals surface area contributed by atoms with Gasteiger partial charge in [0, 0.05) is 25.2 Å². The summed E-state index contributed by atoms with van der Waals surface area (Å²) in [5, 5.41) is 12.8. The second-order valence-corrected chi connectivity index (χ2v) is 6.08. The standard InChI is InChI=1S/C17H21N5O2/c1-10-8-15(22(3)21-10)20-17(24)18-11(2)12-4-6-14-13(9-12)5-7-16(23)19-14/h4,6,8-9,11H,5,7H2,1-3H3,(H,19,23)(H2,18,20,24). The topological polar surface area (TPSA) is 88.0 Å². The lowest BCUT2D eigenvalue weighted by atomic mass is 9.98. The van der Waals surface area contributed by atoms with Crippen LogP contribution in [0.3, 0.4) is 0 Å². The van der Waals surface area contributed by atoms with Crippen molar-refractivity contribution in [1.82, 2.24) is 15.1 Å². The first-order chi connectivity index (χ1) is 11.4. The van der Waals surface area contributed by atoms with Gasteiger partial charge in [0.05, 0.1) is 11.7 Å². The van der Waals surface area contributed by atoms with Crippen molar-refractivity contribution in [1.29, 1.82) is 0 Å². The smallest absolute Gasteiger partial charge is 0.320 e. The van der Waals surface area contributed by atoms with Crippen molar-refractivity contribution in [2.45, 2.75) is 32.7 Å². The molecule has 7 nitrogen and oxygen atoms in total. The third-order valence-corrected chi connectivity index (χ3v) is 4.12. The number of hydrogen-bond acceptors (Lipinski definition) is 3. The summed E-state index contributed by atoms with van der Waals surface area (Å²) in [6.07, 6.45) is 1.22. The van der Waals surface area contributed by atoms with Gasteiger partial charge in [0.2, 0.25) is 5.91 Å². The first-order valence-electron chi connectivity index (χ1n) is 7.93. The number of amides is 3. The number of aromatic nitrogens is 2. The largest absolute Gasteiger partial charge is 0.331 e. The molecule has 2 aromatic rings. The molecule has 0 fully saturated rings. The normalized spacial score (nSPS) is 14.5. The van der Waals surface area contributed by atoms with Gasteiger partial charge in [0.25, 0.3) is 0 Å². The van der Waals surface area contributed by atoms with Gasteiger partial charge in [0.15, 0.2) is 0 Å². The maximum absolute atomic E-state index is 12.2. The lowest BCUT2D eigenvalue weighted by molar-refractivity contribution is -0.116. The molecule has 126 valence electrons. The minimum Gasteiger partial charge on any atom is -0.331 e. The van der Waals surface area contributed by atoms with E-state index in [1.165, 1.54) is 0 Å². The van der Waals surface area contributed by atoms with Crippen molar-refractivity contribution >= 4 is 23.4 Å². The van der Waals surface area contributed by atoms with Gasteiger partial charge >= 0.3 is 6.03 Å². The number of benzene rings is 1. The molecule has 0 spiro atoms. The van der Waals surface area contributed by atoms with Crippen LogP contribution in [-0.4, -0.2) is 21.7 Å². The minimum atomic E-state index is -0.281. The SMILES string of the molecule is Cc1cc(NC(=O)NC(C)c2ccc3c(c2)CCC(=O)N3)n(C)n1. The molecule has 1 aromatic heterocycles. The van der Waals surface area contributed by atoms with E-state index in [4.69, 9.17) is 0 Å². The van der Waals surface area contributed by atoms with Crippen molar-refractivity contribution in [3.63, 3.8) is 0 Å². The molecule has 1 aliphatic rings. The van der Waals surface area contributed by atoms with E-state index in [2.05, 4.69) is 21.0 Å². The molecule has 3 rings (SSSR count). The molecule has 1 atom stereocenters. The van der Waals surface area contributed by atoms with Crippen LogP contribution in [0.2, 0.25) is 0 Å². The first kappa shape index (κ1) is 16.0. The molecule has 1 aromatic carbocycles. The lowest BCUT2D eigenvalue weighted by Gasteiger charge is -2.20. The molecule has 7 heteroatoms. The molecule has 0 aliphatic carbocycles. The summed E-state index contributed by atoms with van der Waals surface area (Å²) >= 11 is 0. The van der Waals surface area contributed by atoms with E-state index >= 15 is 0 Å². The molecule has 0 radical (unpaired) electrons. The van der Waals surface area contributed by atoms with E-state index in [0.717, 1.165) is 28.9 Å². The Morgan fingerprint density at radius 3 is 2.83 bits per heavy atom. The van der Waals surface area contributed by atoms with Crippen LogP contribution >= 0.6 is 0 Å². The third kappa shape index (κ3) is 3.40. The van der Waals surface area contributed by atoms with Crippen molar-refractivity contribution in [2.24, 2.45) is 7.05 Å².